The van der Waals surface area contributed by atoms with E-state index in [0.717, 1.165) is 12.8 Å². The van der Waals surface area contributed by atoms with Gasteiger partial charge in [-0.1, -0.05) is 18.0 Å². The molecule has 1 heterocycles. The zero-order valence-corrected chi connectivity index (χ0v) is 11.3. The summed E-state index contributed by atoms with van der Waals surface area (Å²) in [5.74, 6) is 0.516. The highest BCUT2D eigenvalue weighted by atomic mass is 35.5. The van der Waals surface area contributed by atoms with Crippen molar-refractivity contribution in [1.82, 2.24) is 9.78 Å². The predicted octanol–water partition coefficient (Wildman–Crippen LogP) is 0.462. The maximum Gasteiger partial charge on any atom is 0.291 e. The van der Waals surface area contributed by atoms with Crippen LogP contribution in [0.2, 0.25) is 5.02 Å². The Morgan fingerprint density at radius 3 is 2.89 bits per heavy atom. The van der Waals surface area contributed by atoms with Crippen LogP contribution in [0.5, 0.6) is 0 Å². The first-order valence-corrected chi connectivity index (χ1v) is 6.78. The van der Waals surface area contributed by atoms with Gasteiger partial charge in [0.05, 0.1) is 23.9 Å². The molecule has 0 aromatic carbocycles. The van der Waals surface area contributed by atoms with Crippen molar-refractivity contribution < 1.29 is 10.2 Å². The monoisotopic (exact) mass is 287 g/mol. The average molecular weight is 288 g/mol. The maximum absolute atomic E-state index is 12.2. The molecule has 0 saturated heterocycles. The summed E-state index contributed by atoms with van der Waals surface area (Å²) in [7, 11) is 0. The summed E-state index contributed by atoms with van der Waals surface area (Å²) >= 11 is 5.93. The Balaban J connectivity index is 2.11. The molecular weight excluding hydrogens is 270 g/mol. The van der Waals surface area contributed by atoms with Crippen molar-refractivity contribution in [2.75, 3.05) is 18.5 Å². The minimum absolute atomic E-state index is 0.0684. The van der Waals surface area contributed by atoms with Crippen LogP contribution < -0.4 is 10.9 Å². The second-order valence-electron chi connectivity index (χ2n) is 4.87. The molecule has 1 aliphatic rings. The third kappa shape index (κ3) is 3.46. The molecule has 3 N–H and O–H groups in total. The molecule has 0 spiro atoms. The van der Waals surface area contributed by atoms with Crippen LogP contribution in [-0.4, -0.2) is 39.2 Å². The van der Waals surface area contributed by atoms with Crippen molar-refractivity contribution in [2.45, 2.75) is 31.9 Å². The molecule has 6 nitrogen and oxygen atoms in total. The topological polar surface area (TPSA) is 87.4 Å². The van der Waals surface area contributed by atoms with Crippen LogP contribution in [0.4, 0.5) is 5.69 Å². The van der Waals surface area contributed by atoms with Crippen molar-refractivity contribution in [1.29, 1.82) is 0 Å². The number of halogens is 1. The van der Waals surface area contributed by atoms with Crippen LogP contribution in [0.25, 0.3) is 0 Å². The van der Waals surface area contributed by atoms with Gasteiger partial charge in [0.15, 0.2) is 0 Å². The second kappa shape index (κ2) is 6.36. The first kappa shape index (κ1) is 14.3. The van der Waals surface area contributed by atoms with E-state index in [1.807, 2.05) is 0 Å². The van der Waals surface area contributed by atoms with E-state index in [2.05, 4.69) is 10.4 Å². The van der Waals surface area contributed by atoms with E-state index in [4.69, 9.17) is 16.7 Å². The lowest BCUT2D eigenvalue weighted by molar-refractivity contribution is 0.105. The normalized spacial score (nSPS) is 17.0. The summed E-state index contributed by atoms with van der Waals surface area (Å²) in [6, 6.07) is 0. The molecule has 1 saturated carbocycles. The SMILES string of the molecule is O=c1c(NCC(O)CO)c(Cl)cnn1CC1CCC1. The number of aliphatic hydroxyl groups excluding tert-OH is 2. The van der Waals surface area contributed by atoms with Crippen molar-refractivity contribution in [3.8, 4) is 0 Å². The number of anilines is 1. The van der Waals surface area contributed by atoms with Gasteiger partial charge in [0, 0.05) is 13.1 Å². The Morgan fingerprint density at radius 1 is 1.58 bits per heavy atom. The quantitative estimate of drug-likeness (QED) is 0.708. The van der Waals surface area contributed by atoms with E-state index in [1.54, 1.807) is 0 Å². The lowest BCUT2D eigenvalue weighted by atomic mass is 9.85. The summed E-state index contributed by atoms with van der Waals surface area (Å²) in [5.41, 5.74) is -0.0620. The highest BCUT2D eigenvalue weighted by Gasteiger charge is 2.20. The van der Waals surface area contributed by atoms with Gasteiger partial charge in [0.25, 0.3) is 5.56 Å². The highest BCUT2D eigenvalue weighted by Crippen LogP contribution is 2.27. The molecule has 1 atom stereocenters. The minimum atomic E-state index is -0.927. The molecule has 0 amide bonds. The first-order valence-electron chi connectivity index (χ1n) is 6.40. The van der Waals surface area contributed by atoms with Gasteiger partial charge in [-0.05, 0) is 18.8 Å². The third-order valence-corrected chi connectivity index (χ3v) is 3.67. The van der Waals surface area contributed by atoms with Gasteiger partial charge in [0.1, 0.15) is 5.69 Å². The number of aliphatic hydroxyl groups is 2. The fraction of sp³-hybridized carbons (Fsp3) is 0.667. The molecule has 1 aromatic heterocycles. The molecule has 0 bridgehead atoms. The number of hydrogen-bond acceptors (Lipinski definition) is 5. The summed E-state index contributed by atoms with van der Waals surface area (Å²) < 4.78 is 1.41. The summed E-state index contributed by atoms with van der Waals surface area (Å²) in [6.07, 6.45) is 3.96. The Morgan fingerprint density at radius 2 is 2.32 bits per heavy atom. The second-order valence-corrected chi connectivity index (χ2v) is 5.28. The van der Waals surface area contributed by atoms with Crippen LogP contribution in [0.15, 0.2) is 11.0 Å². The molecule has 1 fully saturated rings. The molecule has 2 rings (SSSR count). The van der Waals surface area contributed by atoms with Crippen molar-refractivity contribution in [3.05, 3.63) is 21.6 Å². The van der Waals surface area contributed by atoms with Crippen LogP contribution >= 0.6 is 11.6 Å². The van der Waals surface area contributed by atoms with Gasteiger partial charge in [-0.3, -0.25) is 4.79 Å². The standard InChI is InChI=1S/C12H18ClN3O3/c13-10-5-15-16(6-8-2-1-3-8)12(19)11(10)14-4-9(18)7-17/h5,8-9,14,17-18H,1-4,6-7H2. The number of nitrogens with one attached hydrogen (secondary N) is 1. The Labute approximate surface area is 116 Å². The Hall–Kier alpha value is -1.11. The van der Waals surface area contributed by atoms with E-state index >= 15 is 0 Å². The molecule has 106 valence electrons. The fourth-order valence-corrected chi connectivity index (χ4v) is 2.15. The van der Waals surface area contributed by atoms with E-state index in [-0.39, 0.29) is 29.4 Å². The molecular formula is C12H18ClN3O3. The van der Waals surface area contributed by atoms with Crippen molar-refractivity contribution in [3.63, 3.8) is 0 Å². The molecule has 1 unspecified atom stereocenters. The first-order chi connectivity index (χ1) is 9.11. The molecule has 7 heteroatoms. The van der Waals surface area contributed by atoms with Crippen molar-refractivity contribution >= 4 is 17.3 Å². The number of hydrogen-bond donors (Lipinski definition) is 3. The minimum Gasteiger partial charge on any atom is -0.394 e. The van der Waals surface area contributed by atoms with Gasteiger partial charge >= 0.3 is 0 Å². The van der Waals surface area contributed by atoms with Gasteiger partial charge in [-0.2, -0.15) is 5.10 Å². The van der Waals surface area contributed by atoms with Crippen LogP contribution in [0.3, 0.4) is 0 Å². The molecule has 0 radical (unpaired) electrons. The Bertz CT molecular complexity index is 488. The van der Waals surface area contributed by atoms with E-state index in [1.165, 1.54) is 17.3 Å². The highest BCUT2D eigenvalue weighted by molar-refractivity contribution is 6.32. The van der Waals surface area contributed by atoms with Gasteiger partial charge in [-0.15, -0.1) is 0 Å². The molecule has 1 aliphatic carbocycles. The van der Waals surface area contributed by atoms with E-state index in [0.29, 0.717) is 12.5 Å². The van der Waals surface area contributed by atoms with Crippen LogP contribution in [-0.2, 0) is 6.54 Å². The third-order valence-electron chi connectivity index (χ3n) is 3.38. The Kier molecular flexibility index (Phi) is 4.79. The smallest absolute Gasteiger partial charge is 0.291 e. The van der Waals surface area contributed by atoms with E-state index in [9.17, 15) is 9.90 Å². The fourth-order valence-electron chi connectivity index (χ4n) is 1.96. The number of rotatable bonds is 6. The lowest BCUT2D eigenvalue weighted by Crippen LogP contribution is -2.32. The van der Waals surface area contributed by atoms with Gasteiger partial charge in [-0.25, -0.2) is 4.68 Å². The van der Waals surface area contributed by atoms with Crippen LogP contribution in [0, 0.1) is 5.92 Å². The molecule has 1 aromatic rings. The zero-order valence-electron chi connectivity index (χ0n) is 10.5. The number of nitrogens with zero attached hydrogens (tertiary/aromatic N) is 2. The van der Waals surface area contributed by atoms with Crippen molar-refractivity contribution in [2.24, 2.45) is 5.92 Å². The van der Waals surface area contributed by atoms with Crippen LogP contribution in [0.1, 0.15) is 19.3 Å². The molecule has 19 heavy (non-hydrogen) atoms. The van der Waals surface area contributed by atoms with Gasteiger partial charge < -0.3 is 15.5 Å². The number of aromatic nitrogens is 2. The largest absolute Gasteiger partial charge is 0.394 e. The van der Waals surface area contributed by atoms with E-state index < -0.39 is 6.10 Å². The summed E-state index contributed by atoms with van der Waals surface area (Å²) in [6.45, 7) is 0.304. The average Bonchev–Trinajstić information content (AvgIpc) is 2.35. The predicted molar refractivity (Wildman–Crippen MR) is 72.4 cm³/mol. The maximum atomic E-state index is 12.2. The summed E-state index contributed by atoms with van der Waals surface area (Å²) in [5, 5.41) is 25.0. The molecule has 0 aliphatic heterocycles. The summed E-state index contributed by atoms with van der Waals surface area (Å²) in [4.78, 5) is 12.2. The van der Waals surface area contributed by atoms with Gasteiger partial charge in [0.2, 0.25) is 0 Å². The zero-order chi connectivity index (χ0) is 13.8. The lowest BCUT2D eigenvalue weighted by Gasteiger charge is -2.25.